The second kappa shape index (κ2) is 5.13. The van der Waals surface area contributed by atoms with Crippen LogP contribution in [0.1, 0.15) is 21.8 Å². The van der Waals surface area contributed by atoms with Gasteiger partial charge in [0.15, 0.2) is 10.4 Å². The van der Waals surface area contributed by atoms with Gasteiger partial charge in [-0.25, -0.2) is 4.98 Å². The van der Waals surface area contributed by atoms with Crippen LogP contribution in [0.25, 0.3) is 5.65 Å². The van der Waals surface area contributed by atoms with Crippen LogP contribution in [-0.2, 0) is 6.54 Å². The van der Waals surface area contributed by atoms with Gasteiger partial charge in [-0.15, -0.1) is 0 Å². The van der Waals surface area contributed by atoms with Crippen LogP contribution >= 0.6 is 15.9 Å². The second-order valence-corrected chi connectivity index (χ2v) is 5.27. The van der Waals surface area contributed by atoms with Crippen molar-refractivity contribution in [3.05, 3.63) is 58.3 Å². The van der Waals surface area contributed by atoms with E-state index in [4.69, 9.17) is 4.42 Å². The largest absolute Gasteiger partial charge is 0.444 e. The van der Waals surface area contributed by atoms with Crippen molar-refractivity contribution >= 4 is 27.5 Å². The van der Waals surface area contributed by atoms with E-state index in [0.29, 0.717) is 11.2 Å². The molecule has 0 unspecified atom stereocenters. The molecule has 0 fully saturated rings. The predicted octanol–water partition coefficient (Wildman–Crippen LogP) is 2.93. The maximum absolute atomic E-state index is 11.8. The van der Waals surface area contributed by atoms with Crippen molar-refractivity contribution < 1.29 is 9.21 Å². The third kappa shape index (κ3) is 2.60. The number of carbonyl (C=O) groups is 1. The number of furan rings is 1. The molecule has 0 saturated heterocycles. The number of amides is 1. The zero-order valence-electron chi connectivity index (χ0n) is 10.8. The van der Waals surface area contributed by atoms with Crippen LogP contribution in [0.15, 0.2) is 45.7 Å². The Morgan fingerprint density at radius 3 is 2.95 bits per heavy atom. The molecule has 102 valence electrons. The van der Waals surface area contributed by atoms with Crippen molar-refractivity contribution in [1.82, 2.24) is 14.7 Å². The third-order valence-electron chi connectivity index (χ3n) is 2.88. The van der Waals surface area contributed by atoms with Crippen LogP contribution in [0, 0.1) is 6.92 Å². The number of halogens is 1. The molecule has 0 saturated carbocycles. The van der Waals surface area contributed by atoms with Gasteiger partial charge in [-0.1, -0.05) is 6.07 Å². The van der Waals surface area contributed by atoms with E-state index in [1.54, 1.807) is 12.1 Å². The Kier molecular flexibility index (Phi) is 3.31. The van der Waals surface area contributed by atoms with Crippen molar-refractivity contribution in [2.75, 3.05) is 0 Å². The quantitative estimate of drug-likeness (QED) is 0.801. The highest BCUT2D eigenvalue weighted by Gasteiger charge is 2.10. The fourth-order valence-corrected chi connectivity index (χ4v) is 2.24. The first-order valence-electron chi connectivity index (χ1n) is 6.09. The second-order valence-electron chi connectivity index (χ2n) is 4.49. The van der Waals surface area contributed by atoms with E-state index in [0.717, 1.165) is 16.9 Å². The monoisotopic (exact) mass is 333 g/mol. The minimum Gasteiger partial charge on any atom is -0.444 e. The maximum atomic E-state index is 11.8. The minimum atomic E-state index is -0.260. The highest BCUT2D eigenvalue weighted by molar-refractivity contribution is 9.10. The first kappa shape index (κ1) is 12.9. The Balaban J connectivity index is 1.72. The third-order valence-corrected chi connectivity index (χ3v) is 3.30. The van der Waals surface area contributed by atoms with E-state index in [1.807, 2.05) is 35.9 Å². The number of nitrogens with one attached hydrogen (secondary N) is 1. The molecular formula is C14H12BrN3O2. The van der Waals surface area contributed by atoms with Crippen LogP contribution in [-0.4, -0.2) is 15.3 Å². The molecule has 0 aliphatic rings. The molecule has 0 aliphatic carbocycles. The van der Waals surface area contributed by atoms with Gasteiger partial charge in [0.1, 0.15) is 5.65 Å². The summed E-state index contributed by atoms with van der Waals surface area (Å²) in [6.07, 6.45) is 3.90. The van der Waals surface area contributed by atoms with Crippen LogP contribution in [0.4, 0.5) is 0 Å². The van der Waals surface area contributed by atoms with Crippen LogP contribution < -0.4 is 5.32 Å². The summed E-state index contributed by atoms with van der Waals surface area (Å²) in [6.45, 7) is 2.38. The molecule has 3 rings (SSSR count). The molecule has 3 aromatic heterocycles. The zero-order chi connectivity index (χ0) is 14.1. The topological polar surface area (TPSA) is 59.5 Å². The number of hydrogen-bond donors (Lipinski definition) is 1. The van der Waals surface area contributed by atoms with E-state index in [9.17, 15) is 4.79 Å². The lowest BCUT2D eigenvalue weighted by molar-refractivity contribution is 0.0921. The maximum Gasteiger partial charge on any atom is 0.287 e. The Bertz CT molecular complexity index is 776. The fourth-order valence-electron chi connectivity index (χ4n) is 1.94. The molecule has 1 amide bonds. The molecule has 0 aliphatic heterocycles. The first-order valence-corrected chi connectivity index (χ1v) is 6.89. The van der Waals surface area contributed by atoms with Crippen molar-refractivity contribution in [2.45, 2.75) is 13.5 Å². The van der Waals surface area contributed by atoms with Gasteiger partial charge in [-0.05, 0) is 46.6 Å². The standard InChI is InChI=1S/C14H12BrN3O2/c1-9-2-5-13-17-10(8-18(13)7-9)6-16-14(19)11-3-4-12(15)20-11/h2-5,7-8H,6H2,1H3,(H,16,19). The van der Waals surface area contributed by atoms with Crippen LogP contribution in [0.2, 0.25) is 0 Å². The summed E-state index contributed by atoms with van der Waals surface area (Å²) < 4.78 is 7.67. The van der Waals surface area contributed by atoms with Crippen LogP contribution in [0.5, 0.6) is 0 Å². The van der Waals surface area contributed by atoms with Gasteiger partial charge in [-0.2, -0.15) is 0 Å². The molecule has 0 radical (unpaired) electrons. The summed E-state index contributed by atoms with van der Waals surface area (Å²) in [5, 5.41) is 2.77. The lowest BCUT2D eigenvalue weighted by Crippen LogP contribution is -2.22. The average Bonchev–Trinajstić information content (AvgIpc) is 3.01. The number of nitrogens with zero attached hydrogens (tertiary/aromatic N) is 2. The molecule has 6 heteroatoms. The first-order chi connectivity index (χ1) is 9.61. The summed E-state index contributed by atoms with van der Waals surface area (Å²) in [5.41, 5.74) is 2.82. The Morgan fingerprint density at radius 2 is 2.20 bits per heavy atom. The number of carbonyl (C=O) groups excluding carboxylic acids is 1. The van der Waals surface area contributed by atoms with Gasteiger partial charge in [0, 0.05) is 12.4 Å². The minimum absolute atomic E-state index is 0.260. The summed E-state index contributed by atoms with van der Waals surface area (Å²) in [7, 11) is 0. The molecule has 3 aromatic rings. The van der Waals surface area contributed by atoms with Crippen molar-refractivity contribution in [1.29, 1.82) is 0 Å². The highest BCUT2D eigenvalue weighted by atomic mass is 79.9. The molecule has 0 aromatic carbocycles. The average molecular weight is 334 g/mol. The number of fused-ring (bicyclic) bond motifs is 1. The summed E-state index contributed by atoms with van der Waals surface area (Å²) in [4.78, 5) is 16.3. The van der Waals surface area contributed by atoms with Gasteiger partial charge >= 0.3 is 0 Å². The summed E-state index contributed by atoms with van der Waals surface area (Å²) in [6, 6.07) is 7.25. The highest BCUT2D eigenvalue weighted by Crippen LogP contribution is 2.14. The molecular weight excluding hydrogens is 322 g/mol. The van der Waals surface area contributed by atoms with E-state index < -0.39 is 0 Å². The lowest BCUT2D eigenvalue weighted by Gasteiger charge is -1.99. The molecule has 0 bridgehead atoms. The fraction of sp³-hybridized carbons (Fsp3) is 0.143. The van der Waals surface area contributed by atoms with Gasteiger partial charge in [0.25, 0.3) is 5.91 Å². The van der Waals surface area contributed by atoms with Gasteiger partial charge in [0.05, 0.1) is 12.2 Å². The number of aryl methyl sites for hydroxylation is 1. The van der Waals surface area contributed by atoms with Crippen molar-refractivity contribution in [2.24, 2.45) is 0 Å². The van der Waals surface area contributed by atoms with Crippen molar-refractivity contribution in [3.63, 3.8) is 0 Å². The number of rotatable bonds is 3. The zero-order valence-corrected chi connectivity index (χ0v) is 12.3. The number of pyridine rings is 1. The Morgan fingerprint density at radius 1 is 1.35 bits per heavy atom. The molecule has 0 spiro atoms. The Labute approximate surface area is 123 Å². The molecule has 20 heavy (non-hydrogen) atoms. The molecule has 5 nitrogen and oxygen atoms in total. The molecule has 1 N–H and O–H groups in total. The predicted molar refractivity (Wildman–Crippen MR) is 77.5 cm³/mol. The smallest absolute Gasteiger partial charge is 0.287 e. The summed E-state index contributed by atoms with van der Waals surface area (Å²) in [5.74, 6) is 0.0143. The van der Waals surface area contributed by atoms with E-state index in [-0.39, 0.29) is 11.7 Å². The van der Waals surface area contributed by atoms with E-state index >= 15 is 0 Å². The normalized spacial score (nSPS) is 10.9. The van der Waals surface area contributed by atoms with Crippen LogP contribution in [0.3, 0.4) is 0 Å². The number of imidazole rings is 1. The van der Waals surface area contributed by atoms with Gasteiger partial charge in [0.2, 0.25) is 0 Å². The van der Waals surface area contributed by atoms with E-state index in [2.05, 4.69) is 26.2 Å². The molecule has 3 heterocycles. The Hall–Kier alpha value is -2.08. The number of hydrogen-bond acceptors (Lipinski definition) is 3. The van der Waals surface area contributed by atoms with Gasteiger partial charge in [-0.3, -0.25) is 4.79 Å². The SMILES string of the molecule is Cc1ccc2nc(CNC(=O)c3ccc(Br)o3)cn2c1. The lowest BCUT2D eigenvalue weighted by atomic mass is 10.3. The number of aromatic nitrogens is 2. The van der Waals surface area contributed by atoms with E-state index in [1.165, 1.54) is 0 Å². The summed E-state index contributed by atoms with van der Waals surface area (Å²) >= 11 is 3.16. The van der Waals surface area contributed by atoms with Gasteiger partial charge < -0.3 is 14.1 Å². The molecule has 0 atom stereocenters. The van der Waals surface area contributed by atoms with Crippen molar-refractivity contribution in [3.8, 4) is 0 Å².